The SMILES string of the molecule is CCCOc1c(CCc2ccccc2)c(-c2ccc(C)cc2)c(-c2ccccc2)n1C. The highest BCUT2D eigenvalue weighted by molar-refractivity contribution is 5.86. The smallest absolute Gasteiger partial charge is 0.197 e. The first-order chi connectivity index (χ1) is 15.2. The predicted molar refractivity (Wildman–Crippen MR) is 131 cm³/mol. The number of aryl methyl sites for hydroxylation is 2. The number of nitrogens with zero attached hydrogens (tertiary/aromatic N) is 1. The van der Waals surface area contributed by atoms with Gasteiger partial charge in [-0.3, -0.25) is 0 Å². The largest absolute Gasteiger partial charge is 0.479 e. The van der Waals surface area contributed by atoms with E-state index in [9.17, 15) is 0 Å². The van der Waals surface area contributed by atoms with E-state index in [1.807, 2.05) is 0 Å². The summed E-state index contributed by atoms with van der Waals surface area (Å²) in [5, 5.41) is 0. The van der Waals surface area contributed by atoms with Gasteiger partial charge >= 0.3 is 0 Å². The van der Waals surface area contributed by atoms with Crippen LogP contribution in [0.2, 0.25) is 0 Å². The number of hydrogen-bond donors (Lipinski definition) is 0. The van der Waals surface area contributed by atoms with Crippen LogP contribution >= 0.6 is 0 Å². The van der Waals surface area contributed by atoms with Gasteiger partial charge in [-0.05, 0) is 42.9 Å². The molecule has 0 aliphatic carbocycles. The van der Waals surface area contributed by atoms with Crippen LogP contribution in [-0.2, 0) is 19.9 Å². The molecule has 2 nitrogen and oxygen atoms in total. The molecule has 0 bridgehead atoms. The lowest BCUT2D eigenvalue weighted by atomic mass is 9.94. The third-order valence-electron chi connectivity index (χ3n) is 5.77. The van der Waals surface area contributed by atoms with E-state index < -0.39 is 0 Å². The second-order valence-electron chi connectivity index (χ2n) is 8.13. The Balaban J connectivity index is 1.89. The van der Waals surface area contributed by atoms with Crippen LogP contribution in [0.5, 0.6) is 5.88 Å². The maximum Gasteiger partial charge on any atom is 0.197 e. The highest BCUT2D eigenvalue weighted by atomic mass is 16.5. The summed E-state index contributed by atoms with van der Waals surface area (Å²) in [6, 6.07) is 30.3. The van der Waals surface area contributed by atoms with E-state index in [0.29, 0.717) is 0 Å². The first-order valence-electron chi connectivity index (χ1n) is 11.2. The summed E-state index contributed by atoms with van der Waals surface area (Å²) in [5.41, 5.74) is 8.89. The van der Waals surface area contributed by atoms with Crippen molar-refractivity contribution < 1.29 is 4.74 Å². The van der Waals surface area contributed by atoms with Crippen molar-refractivity contribution in [3.05, 3.63) is 102 Å². The van der Waals surface area contributed by atoms with Crippen molar-refractivity contribution in [3.63, 3.8) is 0 Å². The zero-order valence-electron chi connectivity index (χ0n) is 18.8. The molecular weight excluding hydrogens is 378 g/mol. The first-order valence-corrected chi connectivity index (χ1v) is 11.2. The summed E-state index contributed by atoms with van der Waals surface area (Å²) < 4.78 is 8.61. The summed E-state index contributed by atoms with van der Waals surface area (Å²) in [6.07, 6.45) is 2.91. The lowest BCUT2D eigenvalue weighted by molar-refractivity contribution is 0.292. The Morgan fingerprint density at radius 2 is 1.39 bits per heavy atom. The first kappa shape index (κ1) is 21.0. The Labute approximate surface area is 186 Å². The minimum Gasteiger partial charge on any atom is -0.479 e. The molecule has 0 saturated heterocycles. The number of aromatic nitrogens is 1. The Morgan fingerprint density at radius 3 is 2.03 bits per heavy atom. The van der Waals surface area contributed by atoms with E-state index in [1.165, 1.54) is 39.1 Å². The third-order valence-corrected chi connectivity index (χ3v) is 5.77. The molecule has 0 aliphatic heterocycles. The molecular formula is C29H31NO. The summed E-state index contributed by atoms with van der Waals surface area (Å²) in [4.78, 5) is 0. The molecule has 0 radical (unpaired) electrons. The molecule has 4 rings (SSSR count). The van der Waals surface area contributed by atoms with Gasteiger partial charge in [0.2, 0.25) is 0 Å². The third kappa shape index (κ3) is 4.59. The molecule has 0 N–H and O–H groups in total. The molecule has 2 heteroatoms. The van der Waals surface area contributed by atoms with Gasteiger partial charge in [-0.2, -0.15) is 0 Å². The fourth-order valence-corrected chi connectivity index (χ4v) is 4.22. The minimum atomic E-state index is 0.720. The van der Waals surface area contributed by atoms with Gasteiger partial charge < -0.3 is 9.30 Å². The van der Waals surface area contributed by atoms with Gasteiger partial charge in [0.15, 0.2) is 5.88 Å². The number of ether oxygens (including phenoxy) is 1. The van der Waals surface area contributed by atoms with Crippen LogP contribution in [0.1, 0.15) is 30.0 Å². The zero-order valence-corrected chi connectivity index (χ0v) is 18.8. The van der Waals surface area contributed by atoms with Crippen LogP contribution in [0.25, 0.3) is 22.4 Å². The molecule has 1 heterocycles. The Hall–Kier alpha value is -3.26. The van der Waals surface area contributed by atoms with Crippen LogP contribution in [-0.4, -0.2) is 11.2 Å². The molecule has 1 aromatic heterocycles. The minimum absolute atomic E-state index is 0.720. The molecule has 0 spiro atoms. The summed E-state index contributed by atoms with van der Waals surface area (Å²) in [5.74, 6) is 0.993. The highest BCUT2D eigenvalue weighted by Crippen LogP contribution is 2.43. The lowest BCUT2D eigenvalue weighted by Gasteiger charge is -2.11. The number of benzene rings is 3. The molecule has 0 aliphatic rings. The number of rotatable bonds is 8. The molecule has 0 atom stereocenters. The van der Waals surface area contributed by atoms with Crippen molar-refractivity contribution in [2.24, 2.45) is 7.05 Å². The molecule has 3 aromatic carbocycles. The summed E-state index contributed by atoms with van der Waals surface area (Å²) in [7, 11) is 2.14. The molecule has 0 saturated carbocycles. The van der Waals surface area contributed by atoms with E-state index in [1.54, 1.807) is 0 Å². The van der Waals surface area contributed by atoms with Crippen LogP contribution in [0.15, 0.2) is 84.9 Å². The fourth-order valence-electron chi connectivity index (χ4n) is 4.22. The van der Waals surface area contributed by atoms with Crippen LogP contribution in [0.4, 0.5) is 0 Å². The standard InChI is InChI=1S/C29H31NO/c1-4-21-31-29-26(20-17-23-11-7-5-8-12-23)27(24-18-15-22(2)16-19-24)28(30(29)3)25-13-9-6-10-14-25/h5-16,18-19H,4,17,20-21H2,1-3H3. The predicted octanol–water partition coefficient (Wildman–Crippen LogP) is 7.24. The van der Waals surface area contributed by atoms with E-state index in [4.69, 9.17) is 4.74 Å². The second kappa shape index (κ2) is 9.70. The van der Waals surface area contributed by atoms with Crippen molar-refractivity contribution >= 4 is 0 Å². The van der Waals surface area contributed by atoms with Crippen molar-refractivity contribution in [1.82, 2.24) is 4.57 Å². The van der Waals surface area contributed by atoms with E-state index in [-0.39, 0.29) is 0 Å². The van der Waals surface area contributed by atoms with Crippen molar-refractivity contribution in [3.8, 4) is 28.3 Å². The lowest BCUT2D eigenvalue weighted by Crippen LogP contribution is -2.04. The van der Waals surface area contributed by atoms with Crippen molar-refractivity contribution in [2.45, 2.75) is 33.1 Å². The monoisotopic (exact) mass is 409 g/mol. The van der Waals surface area contributed by atoms with Crippen molar-refractivity contribution in [2.75, 3.05) is 6.61 Å². The van der Waals surface area contributed by atoms with Gasteiger partial charge in [0.05, 0.1) is 12.3 Å². The maximum absolute atomic E-state index is 6.36. The van der Waals surface area contributed by atoms with Gasteiger partial charge in [0.25, 0.3) is 0 Å². The van der Waals surface area contributed by atoms with Gasteiger partial charge in [-0.15, -0.1) is 0 Å². The highest BCUT2D eigenvalue weighted by Gasteiger charge is 2.24. The topological polar surface area (TPSA) is 14.2 Å². The molecule has 158 valence electrons. The Bertz CT molecular complexity index is 1110. The van der Waals surface area contributed by atoms with Crippen LogP contribution in [0.3, 0.4) is 0 Å². The maximum atomic E-state index is 6.36. The zero-order chi connectivity index (χ0) is 21.6. The molecule has 0 amide bonds. The van der Waals surface area contributed by atoms with Crippen LogP contribution in [0, 0.1) is 6.92 Å². The number of hydrogen-bond acceptors (Lipinski definition) is 1. The molecule has 0 fully saturated rings. The second-order valence-corrected chi connectivity index (χ2v) is 8.13. The quantitative estimate of drug-likeness (QED) is 0.299. The van der Waals surface area contributed by atoms with E-state index in [2.05, 4.69) is 110 Å². The average molecular weight is 410 g/mol. The van der Waals surface area contributed by atoms with Gasteiger partial charge in [0.1, 0.15) is 0 Å². The normalized spacial score (nSPS) is 10.9. The fraction of sp³-hybridized carbons (Fsp3) is 0.241. The van der Waals surface area contributed by atoms with Crippen LogP contribution < -0.4 is 4.74 Å². The van der Waals surface area contributed by atoms with E-state index >= 15 is 0 Å². The Kier molecular flexibility index (Phi) is 6.57. The van der Waals surface area contributed by atoms with Crippen molar-refractivity contribution in [1.29, 1.82) is 0 Å². The molecule has 4 aromatic rings. The van der Waals surface area contributed by atoms with Gasteiger partial charge in [-0.25, -0.2) is 0 Å². The summed E-state index contributed by atoms with van der Waals surface area (Å²) in [6.45, 7) is 5.02. The van der Waals surface area contributed by atoms with Gasteiger partial charge in [0, 0.05) is 18.2 Å². The average Bonchev–Trinajstić information content (AvgIpc) is 3.09. The van der Waals surface area contributed by atoms with Gasteiger partial charge in [-0.1, -0.05) is 97.4 Å². The molecule has 31 heavy (non-hydrogen) atoms. The Morgan fingerprint density at radius 1 is 0.742 bits per heavy atom. The van der Waals surface area contributed by atoms with E-state index in [0.717, 1.165) is 31.7 Å². The summed E-state index contributed by atoms with van der Waals surface area (Å²) >= 11 is 0. The molecule has 0 unspecified atom stereocenters.